The molecule has 4 heteroatoms. The van der Waals surface area contributed by atoms with E-state index in [-0.39, 0.29) is 0 Å². The summed E-state index contributed by atoms with van der Waals surface area (Å²) in [6, 6.07) is 14.1. The molecule has 2 nitrogen and oxygen atoms in total. The summed E-state index contributed by atoms with van der Waals surface area (Å²) in [5.74, 6) is 0. The first-order chi connectivity index (χ1) is 8.61. The average molecular weight is 281 g/mol. The summed E-state index contributed by atoms with van der Waals surface area (Å²) in [4.78, 5) is 0. The van der Waals surface area contributed by atoms with Gasteiger partial charge in [-0.15, -0.1) is 0 Å². The molecule has 0 amide bonds. The van der Waals surface area contributed by atoms with Gasteiger partial charge in [-0.1, -0.05) is 59.6 Å². The Bertz CT molecular complexity index is 493. The molecule has 0 saturated carbocycles. The summed E-state index contributed by atoms with van der Waals surface area (Å²) < 4.78 is 0. The molecule has 94 valence electrons. The van der Waals surface area contributed by atoms with E-state index >= 15 is 0 Å². The van der Waals surface area contributed by atoms with Crippen LogP contribution in [-0.4, -0.2) is 0 Å². The van der Waals surface area contributed by atoms with E-state index in [4.69, 9.17) is 34.7 Å². The Morgan fingerprint density at radius 3 is 1.33 bits per heavy atom. The third-order valence-corrected chi connectivity index (χ3v) is 3.60. The second-order valence-corrected chi connectivity index (χ2v) is 4.91. The maximum atomic E-state index is 6.17. The quantitative estimate of drug-likeness (QED) is 0.901. The van der Waals surface area contributed by atoms with Crippen LogP contribution < -0.4 is 11.5 Å². The van der Waals surface area contributed by atoms with E-state index in [0.29, 0.717) is 10.0 Å². The average Bonchev–Trinajstić information content (AvgIpc) is 2.38. The topological polar surface area (TPSA) is 52.0 Å². The van der Waals surface area contributed by atoms with Crippen LogP contribution in [0, 0.1) is 0 Å². The second kappa shape index (κ2) is 5.72. The van der Waals surface area contributed by atoms with Crippen molar-refractivity contribution < 1.29 is 0 Å². The zero-order valence-electron chi connectivity index (χ0n) is 9.68. The van der Waals surface area contributed by atoms with Crippen LogP contribution in [0.2, 0.25) is 10.0 Å². The Kier molecular flexibility index (Phi) is 4.25. The number of rotatable bonds is 3. The lowest BCUT2D eigenvalue weighted by molar-refractivity contribution is 0.575. The summed E-state index contributed by atoms with van der Waals surface area (Å²) in [6.07, 6.45) is 0. The Hall–Kier alpha value is -1.06. The third kappa shape index (κ3) is 2.68. The van der Waals surface area contributed by atoms with E-state index < -0.39 is 12.1 Å². The Morgan fingerprint density at radius 1 is 0.667 bits per heavy atom. The molecule has 0 aromatic heterocycles. The molecule has 0 aliphatic carbocycles. The largest absolute Gasteiger partial charge is 0.322 e. The van der Waals surface area contributed by atoms with Crippen molar-refractivity contribution in [3.05, 3.63) is 69.7 Å². The van der Waals surface area contributed by atoms with Gasteiger partial charge >= 0.3 is 0 Å². The normalized spacial score (nSPS) is 14.2. The molecule has 18 heavy (non-hydrogen) atoms. The Labute approximate surface area is 117 Å². The molecule has 4 N–H and O–H groups in total. The smallest absolute Gasteiger partial charge is 0.0506 e. The molecule has 0 aliphatic rings. The maximum absolute atomic E-state index is 6.17. The van der Waals surface area contributed by atoms with Gasteiger partial charge in [0, 0.05) is 10.0 Å². The zero-order chi connectivity index (χ0) is 13.1. The first-order valence-electron chi connectivity index (χ1n) is 5.61. The maximum Gasteiger partial charge on any atom is 0.0506 e. The highest BCUT2D eigenvalue weighted by molar-refractivity contribution is 6.31. The fourth-order valence-corrected chi connectivity index (χ4v) is 2.40. The van der Waals surface area contributed by atoms with Crippen molar-refractivity contribution in [3.63, 3.8) is 0 Å². The van der Waals surface area contributed by atoms with Gasteiger partial charge in [0.1, 0.15) is 0 Å². The van der Waals surface area contributed by atoms with Crippen LogP contribution in [0.4, 0.5) is 0 Å². The molecule has 0 radical (unpaired) electrons. The van der Waals surface area contributed by atoms with E-state index in [1.807, 2.05) is 36.4 Å². The summed E-state index contributed by atoms with van der Waals surface area (Å²) in [5.41, 5.74) is 14.0. The lowest BCUT2D eigenvalue weighted by atomic mass is 9.95. The van der Waals surface area contributed by atoms with Gasteiger partial charge in [-0.2, -0.15) is 0 Å². The summed E-state index contributed by atoms with van der Waals surface area (Å²) in [7, 11) is 0. The zero-order valence-corrected chi connectivity index (χ0v) is 11.2. The monoisotopic (exact) mass is 280 g/mol. The molecule has 0 bridgehead atoms. The standard InChI is InChI=1S/C14H14Cl2N2/c15-11-7-3-1-5-9(11)13(17)14(18)10-6-2-4-8-12(10)16/h1-8,13-14H,17-18H2/t13-,14-/m0/s1. The minimum absolute atomic E-state index is 0.390. The van der Waals surface area contributed by atoms with Crippen LogP contribution in [-0.2, 0) is 0 Å². The van der Waals surface area contributed by atoms with E-state index in [2.05, 4.69) is 0 Å². The van der Waals surface area contributed by atoms with E-state index in [9.17, 15) is 0 Å². The molecule has 0 saturated heterocycles. The number of benzene rings is 2. The molecule has 2 aromatic rings. The number of halogens is 2. The van der Waals surface area contributed by atoms with Crippen LogP contribution in [0.1, 0.15) is 23.2 Å². The molecular formula is C14H14Cl2N2. The van der Waals surface area contributed by atoms with Crippen molar-refractivity contribution in [2.24, 2.45) is 11.5 Å². The van der Waals surface area contributed by atoms with Gasteiger partial charge in [0.2, 0.25) is 0 Å². The lowest BCUT2D eigenvalue weighted by Gasteiger charge is -2.22. The second-order valence-electron chi connectivity index (χ2n) is 4.09. The highest BCUT2D eigenvalue weighted by Gasteiger charge is 2.20. The predicted molar refractivity (Wildman–Crippen MR) is 76.8 cm³/mol. The highest BCUT2D eigenvalue weighted by Crippen LogP contribution is 2.32. The van der Waals surface area contributed by atoms with Crippen molar-refractivity contribution in [1.29, 1.82) is 0 Å². The van der Waals surface area contributed by atoms with E-state index in [1.54, 1.807) is 12.1 Å². The first kappa shape index (κ1) is 13.4. The molecule has 0 spiro atoms. The number of hydrogen-bond acceptors (Lipinski definition) is 2. The van der Waals surface area contributed by atoms with Crippen molar-refractivity contribution in [1.82, 2.24) is 0 Å². The van der Waals surface area contributed by atoms with Crippen LogP contribution in [0.3, 0.4) is 0 Å². The van der Waals surface area contributed by atoms with Gasteiger partial charge in [0.05, 0.1) is 12.1 Å². The van der Waals surface area contributed by atoms with E-state index in [1.165, 1.54) is 0 Å². The third-order valence-electron chi connectivity index (χ3n) is 2.92. The molecule has 2 atom stereocenters. The molecular weight excluding hydrogens is 267 g/mol. The molecule has 0 heterocycles. The minimum atomic E-state index is -0.390. The van der Waals surface area contributed by atoms with Crippen molar-refractivity contribution >= 4 is 23.2 Å². The molecule has 0 unspecified atom stereocenters. The van der Waals surface area contributed by atoms with Crippen LogP contribution >= 0.6 is 23.2 Å². The van der Waals surface area contributed by atoms with Crippen LogP contribution in [0.25, 0.3) is 0 Å². The van der Waals surface area contributed by atoms with Crippen LogP contribution in [0.15, 0.2) is 48.5 Å². The number of hydrogen-bond donors (Lipinski definition) is 2. The van der Waals surface area contributed by atoms with Gasteiger partial charge in [-0.3, -0.25) is 0 Å². The predicted octanol–water partition coefficient (Wildman–Crippen LogP) is 3.69. The fraction of sp³-hybridized carbons (Fsp3) is 0.143. The molecule has 2 rings (SSSR count). The van der Waals surface area contributed by atoms with Crippen molar-refractivity contribution in [2.45, 2.75) is 12.1 Å². The van der Waals surface area contributed by atoms with Gasteiger partial charge < -0.3 is 11.5 Å². The van der Waals surface area contributed by atoms with Crippen LogP contribution in [0.5, 0.6) is 0 Å². The molecule has 0 aliphatic heterocycles. The van der Waals surface area contributed by atoms with Gasteiger partial charge in [0.25, 0.3) is 0 Å². The SMILES string of the molecule is N[C@@H](c1ccccc1Cl)[C@@H](N)c1ccccc1Cl. The van der Waals surface area contributed by atoms with Crippen molar-refractivity contribution in [3.8, 4) is 0 Å². The van der Waals surface area contributed by atoms with Gasteiger partial charge in [0.15, 0.2) is 0 Å². The summed E-state index contributed by atoms with van der Waals surface area (Å²) >= 11 is 12.2. The Balaban J connectivity index is 2.33. The first-order valence-corrected chi connectivity index (χ1v) is 6.37. The van der Waals surface area contributed by atoms with E-state index in [0.717, 1.165) is 11.1 Å². The Morgan fingerprint density at radius 2 is 1.00 bits per heavy atom. The lowest BCUT2D eigenvalue weighted by Crippen LogP contribution is -2.27. The summed E-state index contributed by atoms with van der Waals surface area (Å²) in [6.45, 7) is 0. The highest BCUT2D eigenvalue weighted by atomic mass is 35.5. The summed E-state index contributed by atoms with van der Waals surface area (Å²) in [5, 5.41) is 1.24. The number of nitrogens with two attached hydrogens (primary N) is 2. The van der Waals surface area contributed by atoms with Crippen molar-refractivity contribution in [2.75, 3.05) is 0 Å². The molecule has 0 fully saturated rings. The molecule has 2 aromatic carbocycles. The van der Waals surface area contributed by atoms with Gasteiger partial charge in [-0.05, 0) is 23.3 Å². The van der Waals surface area contributed by atoms with Gasteiger partial charge in [-0.25, -0.2) is 0 Å². The minimum Gasteiger partial charge on any atom is -0.322 e. The fourth-order valence-electron chi connectivity index (χ4n) is 1.88.